The molecule has 0 saturated heterocycles. The fourth-order valence-electron chi connectivity index (χ4n) is 2.77. The molecule has 0 atom stereocenters. The van der Waals surface area contributed by atoms with Crippen LogP contribution in [0.2, 0.25) is 10.0 Å². The van der Waals surface area contributed by atoms with Crippen molar-refractivity contribution in [2.75, 3.05) is 18.6 Å². The predicted molar refractivity (Wildman–Crippen MR) is 115 cm³/mol. The molecule has 0 fully saturated rings. The Hall–Kier alpha value is -1.61. The summed E-state index contributed by atoms with van der Waals surface area (Å²) < 4.78 is 24.1. The first-order chi connectivity index (χ1) is 13.1. The van der Waals surface area contributed by atoms with Gasteiger partial charge in [0.25, 0.3) is 5.91 Å². The number of nitrogens with zero attached hydrogens (tertiary/aromatic N) is 2. The van der Waals surface area contributed by atoms with E-state index in [0.717, 1.165) is 21.5 Å². The molecule has 0 saturated carbocycles. The van der Waals surface area contributed by atoms with E-state index >= 15 is 0 Å². The van der Waals surface area contributed by atoms with Crippen LogP contribution in [0.5, 0.6) is 0 Å². The lowest BCUT2D eigenvalue weighted by Gasteiger charge is -2.06. The number of benzene rings is 1. The van der Waals surface area contributed by atoms with E-state index in [0.29, 0.717) is 34.4 Å². The molecule has 10 heteroatoms. The fourth-order valence-corrected chi connectivity index (χ4v) is 4.98. The van der Waals surface area contributed by atoms with Crippen LogP contribution in [0.3, 0.4) is 0 Å². The number of halogens is 2. The molecule has 0 aliphatic heterocycles. The van der Waals surface area contributed by atoms with Gasteiger partial charge in [-0.2, -0.15) is 5.10 Å². The summed E-state index contributed by atoms with van der Waals surface area (Å²) in [6.07, 6.45) is 1.57. The number of aromatic nitrogens is 2. The first-order valence-corrected chi connectivity index (χ1v) is 12.1. The zero-order valence-corrected chi connectivity index (χ0v) is 18.5. The zero-order valence-electron chi connectivity index (χ0n) is 15.3. The highest BCUT2D eigenvalue weighted by Gasteiger charge is 2.17. The Morgan fingerprint density at radius 1 is 1.29 bits per heavy atom. The predicted octanol–water partition coefficient (Wildman–Crippen LogP) is 3.93. The molecule has 28 heavy (non-hydrogen) atoms. The minimum atomic E-state index is -3.02. The third-order valence-corrected chi connectivity index (χ3v) is 6.91. The van der Waals surface area contributed by atoms with Crippen molar-refractivity contribution in [2.45, 2.75) is 19.9 Å². The van der Waals surface area contributed by atoms with E-state index in [1.54, 1.807) is 12.1 Å². The standard InChI is InChI=1S/C18H19Cl2N3O3S2/c1-11-14-9-16(17(24)21-6-3-7-28(2,25)26)27-18(14)23(22-11)10-12-4-5-13(19)8-15(12)20/h4-5,8-9H,3,6-7,10H2,1-2H3,(H,21,24). The number of amides is 1. The summed E-state index contributed by atoms with van der Waals surface area (Å²) in [7, 11) is -3.02. The first-order valence-electron chi connectivity index (χ1n) is 8.51. The average Bonchev–Trinajstić information content (AvgIpc) is 3.15. The Bertz CT molecular complexity index is 1140. The third-order valence-electron chi connectivity index (χ3n) is 4.14. The van der Waals surface area contributed by atoms with Gasteiger partial charge in [-0.3, -0.25) is 9.48 Å². The molecule has 0 spiro atoms. The van der Waals surface area contributed by atoms with Gasteiger partial charge in [-0.05, 0) is 37.1 Å². The molecule has 0 aliphatic carbocycles. The summed E-state index contributed by atoms with van der Waals surface area (Å²) in [4.78, 5) is 13.8. The van der Waals surface area contributed by atoms with Crippen LogP contribution in [0.4, 0.5) is 0 Å². The Morgan fingerprint density at radius 3 is 2.71 bits per heavy atom. The molecular weight excluding hydrogens is 441 g/mol. The van der Waals surface area contributed by atoms with Gasteiger partial charge in [-0.25, -0.2) is 8.42 Å². The van der Waals surface area contributed by atoms with E-state index in [-0.39, 0.29) is 11.7 Å². The molecule has 2 heterocycles. The highest BCUT2D eigenvalue weighted by Crippen LogP contribution is 2.30. The SMILES string of the molecule is Cc1nn(Cc2ccc(Cl)cc2Cl)c2sc(C(=O)NCCCS(C)(=O)=O)cc12. The van der Waals surface area contributed by atoms with Crippen molar-refractivity contribution < 1.29 is 13.2 Å². The number of sulfone groups is 1. The molecule has 0 aliphatic rings. The fraction of sp³-hybridized carbons (Fsp3) is 0.333. The van der Waals surface area contributed by atoms with Gasteiger partial charge in [0, 0.05) is 28.2 Å². The van der Waals surface area contributed by atoms with Gasteiger partial charge >= 0.3 is 0 Å². The van der Waals surface area contributed by atoms with Gasteiger partial charge in [0.1, 0.15) is 14.7 Å². The third kappa shape index (κ3) is 5.05. The number of hydrogen-bond donors (Lipinski definition) is 1. The van der Waals surface area contributed by atoms with Gasteiger partial charge < -0.3 is 5.32 Å². The number of rotatable bonds is 7. The van der Waals surface area contributed by atoms with Crippen LogP contribution in [-0.4, -0.2) is 42.7 Å². The summed E-state index contributed by atoms with van der Waals surface area (Å²) in [6.45, 7) is 2.67. The summed E-state index contributed by atoms with van der Waals surface area (Å²) >= 11 is 13.6. The second-order valence-corrected chi connectivity index (χ2v) is 10.7. The largest absolute Gasteiger partial charge is 0.351 e. The van der Waals surface area contributed by atoms with E-state index in [1.807, 2.05) is 23.7 Å². The molecule has 2 aromatic heterocycles. The van der Waals surface area contributed by atoms with Gasteiger partial charge in [-0.1, -0.05) is 29.3 Å². The number of carbonyl (C=O) groups is 1. The van der Waals surface area contributed by atoms with Crippen LogP contribution in [0, 0.1) is 6.92 Å². The molecule has 1 aromatic carbocycles. The molecule has 3 rings (SSSR count). The van der Waals surface area contributed by atoms with Crippen molar-refractivity contribution in [3.8, 4) is 0 Å². The van der Waals surface area contributed by atoms with Gasteiger partial charge in [0.05, 0.1) is 22.9 Å². The first kappa shape index (κ1) is 21.1. The average molecular weight is 460 g/mol. The summed E-state index contributed by atoms with van der Waals surface area (Å²) in [5.41, 5.74) is 1.71. The lowest BCUT2D eigenvalue weighted by molar-refractivity contribution is 0.0958. The van der Waals surface area contributed by atoms with Crippen molar-refractivity contribution >= 4 is 60.5 Å². The molecule has 150 valence electrons. The van der Waals surface area contributed by atoms with E-state index in [2.05, 4.69) is 10.4 Å². The molecule has 1 N–H and O–H groups in total. The van der Waals surface area contributed by atoms with Crippen molar-refractivity contribution in [2.24, 2.45) is 0 Å². The van der Waals surface area contributed by atoms with Crippen molar-refractivity contribution in [1.29, 1.82) is 0 Å². The molecule has 3 aromatic rings. The topological polar surface area (TPSA) is 81.1 Å². The maximum atomic E-state index is 12.4. The summed E-state index contributed by atoms with van der Waals surface area (Å²) in [5, 5.41) is 9.36. The number of carbonyl (C=O) groups excluding carboxylic acids is 1. The summed E-state index contributed by atoms with van der Waals surface area (Å²) in [5.74, 6) is -0.166. The Kier molecular flexibility index (Phi) is 6.34. The zero-order chi connectivity index (χ0) is 20.5. The number of fused-ring (bicyclic) bond motifs is 1. The van der Waals surface area contributed by atoms with Crippen molar-refractivity contribution in [1.82, 2.24) is 15.1 Å². The second kappa shape index (κ2) is 8.41. The minimum absolute atomic E-state index is 0.0512. The van der Waals surface area contributed by atoms with Crippen LogP contribution in [0.15, 0.2) is 24.3 Å². The van der Waals surface area contributed by atoms with Crippen molar-refractivity contribution in [3.05, 3.63) is 50.4 Å². The maximum Gasteiger partial charge on any atom is 0.261 e. The molecule has 0 unspecified atom stereocenters. The highest BCUT2D eigenvalue weighted by molar-refractivity contribution is 7.90. The highest BCUT2D eigenvalue weighted by atomic mass is 35.5. The Labute approximate surface area is 177 Å². The van der Waals surface area contributed by atoms with E-state index in [1.165, 1.54) is 17.6 Å². The van der Waals surface area contributed by atoms with Crippen LogP contribution in [0.1, 0.15) is 27.3 Å². The molecular formula is C18H19Cl2N3O3S2. The smallest absolute Gasteiger partial charge is 0.261 e. The van der Waals surface area contributed by atoms with Crippen LogP contribution in [0.25, 0.3) is 10.2 Å². The number of hydrogen-bond acceptors (Lipinski definition) is 5. The second-order valence-electron chi connectivity index (χ2n) is 6.55. The molecule has 0 bridgehead atoms. The van der Waals surface area contributed by atoms with E-state index < -0.39 is 9.84 Å². The Balaban J connectivity index is 1.76. The molecule has 0 radical (unpaired) electrons. The quantitative estimate of drug-likeness (QED) is 0.542. The lowest BCUT2D eigenvalue weighted by Crippen LogP contribution is -2.25. The minimum Gasteiger partial charge on any atom is -0.351 e. The van der Waals surface area contributed by atoms with Crippen molar-refractivity contribution in [3.63, 3.8) is 0 Å². The summed E-state index contributed by atoms with van der Waals surface area (Å²) in [6, 6.07) is 7.14. The molecule has 1 amide bonds. The number of nitrogens with one attached hydrogen (secondary N) is 1. The van der Waals surface area contributed by atoms with Gasteiger partial charge in [0.2, 0.25) is 0 Å². The number of thiophene rings is 1. The maximum absolute atomic E-state index is 12.4. The number of aryl methyl sites for hydroxylation is 1. The molecule has 6 nitrogen and oxygen atoms in total. The monoisotopic (exact) mass is 459 g/mol. The normalized spacial score (nSPS) is 11.9. The van der Waals surface area contributed by atoms with Crippen LogP contribution in [-0.2, 0) is 16.4 Å². The van der Waals surface area contributed by atoms with E-state index in [9.17, 15) is 13.2 Å². The van der Waals surface area contributed by atoms with E-state index in [4.69, 9.17) is 23.2 Å². The Morgan fingerprint density at radius 2 is 2.04 bits per heavy atom. The van der Waals surface area contributed by atoms with Gasteiger partial charge in [0.15, 0.2) is 0 Å². The van der Waals surface area contributed by atoms with Crippen LogP contribution < -0.4 is 5.32 Å². The lowest BCUT2D eigenvalue weighted by atomic mass is 10.2. The van der Waals surface area contributed by atoms with Gasteiger partial charge in [-0.15, -0.1) is 11.3 Å². The van der Waals surface area contributed by atoms with Crippen LogP contribution >= 0.6 is 34.5 Å².